The summed E-state index contributed by atoms with van der Waals surface area (Å²) in [4.78, 5) is 49.2. The van der Waals surface area contributed by atoms with E-state index in [1.165, 1.54) is 0 Å². The maximum atomic E-state index is 15.0. The van der Waals surface area contributed by atoms with Crippen molar-refractivity contribution in [3.63, 3.8) is 0 Å². The zero-order valence-electron chi connectivity index (χ0n) is 15.0. The first kappa shape index (κ1) is 21.2. The first-order chi connectivity index (χ1) is 13.8. The minimum Gasteiger partial charge on any atom is -0.459 e. The van der Waals surface area contributed by atoms with Gasteiger partial charge in [0.2, 0.25) is 0 Å². The number of aromatic amines is 1. The Bertz CT molecular complexity index is 1020. The lowest BCUT2D eigenvalue weighted by atomic mass is 10.1. The van der Waals surface area contributed by atoms with Crippen molar-refractivity contribution in [2.75, 3.05) is 6.61 Å². The van der Waals surface area contributed by atoms with Gasteiger partial charge >= 0.3 is 17.6 Å². The molecule has 1 saturated heterocycles. The number of hydrogen-bond acceptors (Lipinski definition) is 7. The van der Waals surface area contributed by atoms with E-state index in [2.05, 4.69) is 4.98 Å². The number of alkyl halides is 1. The van der Waals surface area contributed by atoms with Crippen molar-refractivity contribution in [1.82, 2.24) is 9.55 Å². The second-order valence-corrected chi connectivity index (χ2v) is 7.35. The van der Waals surface area contributed by atoms with Crippen LogP contribution in [0.4, 0.5) is 4.39 Å². The largest absolute Gasteiger partial charge is 0.459 e. The Kier molecular flexibility index (Phi) is 6.47. The molecule has 154 valence electrons. The molecule has 2 heterocycles. The van der Waals surface area contributed by atoms with Crippen LogP contribution < -0.4 is 11.2 Å². The van der Waals surface area contributed by atoms with E-state index in [4.69, 9.17) is 14.2 Å². The van der Waals surface area contributed by atoms with Crippen molar-refractivity contribution < 1.29 is 28.2 Å². The molecule has 11 heteroatoms. The van der Waals surface area contributed by atoms with Crippen molar-refractivity contribution >= 4 is 34.5 Å². The molecular weight excluding hydrogens is 502 g/mol. The van der Waals surface area contributed by atoms with Gasteiger partial charge in [0.15, 0.2) is 18.5 Å². The quantitative estimate of drug-likeness (QED) is 0.467. The smallest absolute Gasteiger partial charge is 0.338 e. The van der Waals surface area contributed by atoms with Crippen LogP contribution in [-0.2, 0) is 19.0 Å². The van der Waals surface area contributed by atoms with Gasteiger partial charge in [0.05, 0.1) is 9.13 Å². The number of aromatic nitrogens is 2. The minimum atomic E-state index is -1.93. The number of esters is 2. The van der Waals surface area contributed by atoms with Gasteiger partial charge in [-0.1, -0.05) is 18.2 Å². The summed E-state index contributed by atoms with van der Waals surface area (Å²) in [6, 6.07) is 8.13. The van der Waals surface area contributed by atoms with Gasteiger partial charge in [-0.05, 0) is 34.7 Å². The van der Waals surface area contributed by atoms with Crippen molar-refractivity contribution in [2.24, 2.45) is 0 Å². The van der Waals surface area contributed by atoms with Crippen LogP contribution in [0.1, 0.15) is 23.5 Å². The highest BCUT2D eigenvalue weighted by molar-refractivity contribution is 14.1. The number of nitrogens with zero attached hydrogens (tertiary/aromatic N) is 1. The third-order valence-electron chi connectivity index (χ3n) is 4.16. The summed E-state index contributed by atoms with van der Waals surface area (Å²) >= 11 is 1.69. The minimum absolute atomic E-state index is 0.140. The molecule has 1 N–H and O–H groups in total. The van der Waals surface area contributed by atoms with E-state index in [9.17, 15) is 19.2 Å². The van der Waals surface area contributed by atoms with Crippen LogP contribution in [0.25, 0.3) is 0 Å². The lowest BCUT2D eigenvalue weighted by Gasteiger charge is -2.18. The molecule has 0 unspecified atom stereocenters. The summed E-state index contributed by atoms with van der Waals surface area (Å²) < 4.78 is 31.7. The van der Waals surface area contributed by atoms with Crippen LogP contribution in [-0.4, -0.2) is 46.5 Å². The van der Waals surface area contributed by atoms with Crippen LogP contribution in [0, 0.1) is 3.57 Å². The fourth-order valence-electron chi connectivity index (χ4n) is 2.85. The molecular formula is C18H16FIN2O7. The first-order valence-electron chi connectivity index (χ1n) is 8.48. The highest BCUT2D eigenvalue weighted by Gasteiger charge is 2.49. The molecule has 2 aromatic rings. The van der Waals surface area contributed by atoms with E-state index in [1.807, 2.05) is 0 Å². The monoisotopic (exact) mass is 518 g/mol. The molecule has 0 radical (unpaired) electrons. The van der Waals surface area contributed by atoms with Crippen LogP contribution in [0.2, 0.25) is 0 Å². The SMILES string of the molecule is CC(=O)O[C@H]1[C@@H](F)[C@H](n2cc(I)c(=O)[nH]c2=O)O[C@@H]1COC(=O)c1ccccc1. The molecule has 9 nitrogen and oxygen atoms in total. The molecule has 0 amide bonds. The Morgan fingerprint density at radius 1 is 1.28 bits per heavy atom. The van der Waals surface area contributed by atoms with E-state index >= 15 is 4.39 Å². The highest BCUT2D eigenvalue weighted by atomic mass is 127. The highest BCUT2D eigenvalue weighted by Crippen LogP contribution is 2.33. The molecule has 0 saturated carbocycles. The van der Waals surface area contributed by atoms with Crippen molar-refractivity contribution in [3.8, 4) is 0 Å². The number of carbonyl (C=O) groups excluding carboxylic acids is 2. The molecule has 1 aromatic heterocycles. The van der Waals surface area contributed by atoms with E-state index in [1.54, 1.807) is 52.9 Å². The maximum absolute atomic E-state index is 15.0. The van der Waals surface area contributed by atoms with Gasteiger partial charge < -0.3 is 14.2 Å². The maximum Gasteiger partial charge on any atom is 0.338 e. The molecule has 29 heavy (non-hydrogen) atoms. The normalized spacial score (nSPS) is 23.6. The molecule has 3 rings (SSSR count). The Labute approximate surface area is 176 Å². The lowest BCUT2D eigenvalue weighted by Crippen LogP contribution is -2.38. The van der Waals surface area contributed by atoms with Crippen LogP contribution >= 0.6 is 22.6 Å². The van der Waals surface area contributed by atoms with Crippen molar-refractivity contribution in [1.29, 1.82) is 0 Å². The third kappa shape index (κ3) is 4.72. The second-order valence-electron chi connectivity index (χ2n) is 6.19. The fourth-order valence-corrected chi connectivity index (χ4v) is 3.28. The standard InChI is InChI=1S/C18H16FIN2O7/c1-9(23)28-14-12(8-27-17(25)10-5-3-2-4-6-10)29-16(13(14)19)22-7-11(20)15(24)21-18(22)26/h2-7,12-14,16H,8H2,1H3,(H,21,24,26)/t12-,13-,14-,16-/m1/s1. The number of halogens is 2. The zero-order chi connectivity index (χ0) is 21.1. The second kappa shape index (κ2) is 8.86. The van der Waals surface area contributed by atoms with Crippen LogP contribution in [0.5, 0.6) is 0 Å². The Morgan fingerprint density at radius 3 is 2.62 bits per heavy atom. The molecule has 1 aliphatic heterocycles. The third-order valence-corrected chi connectivity index (χ3v) is 4.92. The summed E-state index contributed by atoms with van der Waals surface area (Å²) in [6.07, 6.45) is -4.82. The van der Waals surface area contributed by atoms with Gasteiger partial charge in [-0.2, -0.15) is 0 Å². The Hall–Kier alpha value is -2.54. The topological polar surface area (TPSA) is 117 Å². The number of H-pyrrole nitrogens is 1. The molecule has 0 spiro atoms. The predicted molar refractivity (Wildman–Crippen MR) is 105 cm³/mol. The molecule has 0 aliphatic carbocycles. The zero-order valence-corrected chi connectivity index (χ0v) is 17.2. The molecule has 1 fully saturated rings. The van der Waals surface area contributed by atoms with Gasteiger partial charge in [0.25, 0.3) is 5.56 Å². The van der Waals surface area contributed by atoms with Gasteiger partial charge in [0, 0.05) is 13.1 Å². The van der Waals surface area contributed by atoms with Crippen LogP contribution in [0.15, 0.2) is 46.1 Å². The number of benzene rings is 1. The number of nitrogens with one attached hydrogen (secondary N) is 1. The van der Waals surface area contributed by atoms with Crippen molar-refractivity contribution in [2.45, 2.75) is 31.5 Å². The summed E-state index contributed by atoms with van der Waals surface area (Å²) in [5, 5.41) is 0. The Morgan fingerprint density at radius 2 is 1.97 bits per heavy atom. The molecule has 1 aromatic carbocycles. The van der Waals surface area contributed by atoms with E-state index < -0.39 is 54.4 Å². The van der Waals surface area contributed by atoms with E-state index in [-0.39, 0.29) is 9.13 Å². The molecule has 0 bridgehead atoms. The average molecular weight is 518 g/mol. The summed E-state index contributed by atoms with van der Waals surface area (Å²) in [5.41, 5.74) is -1.22. The summed E-state index contributed by atoms with van der Waals surface area (Å²) in [6.45, 7) is 0.694. The lowest BCUT2D eigenvalue weighted by molar-refractivity contribution is -0.152. The van der Waals surface area contributed by atoms with Gasteiger partial charge in [0.1, 0.15) is 12.7 Å². The van der Waals surface area contributed by atoms with E-state index in [0.717, 1.165) is 17.7 Å². The van der Waals surface area contributed by atoms with Crippen LogP contribution in [0.3, 0.4) is 0 Å². The van der Waals surface area contributed by atoms with Gasteiger partial charge in [-0.3, -0.25) is 19.1 Å². The molecule has 4 atom stereocenters. The first-order valence-corrected chi connectivity index (χ1v) is 9.55. The molecule has 1 aliphatic rings. The van der Waals surface area contributed by atoms with Gasteiger partial charge in [-0.15, -0.1) is 0 Å². The number of ether oxygens (including phenoxy) is 3. The van der Waals surface area contributed by atoms with E-state index in [0.29, 0.717) is 0 Å². The fraction of sp³-hybridized carbons (Fsp3) is 0.333. The van der Waals surface area contributed by atoms with Gasteiger partial charge in [-0.25, -0.2) is 14.0 Å². The summed E-state index contributed by atoms with van der Waals surface area (Å²) in [7, 11) is 0. The number of rotatable bonds is 5. The Balaban J connectivity index is 1.81. The van der Waals surface area contributed by atoms with Crippen molar-refractivity contribution in [3.05, 3.63) is 66.5 Å². The number of hydrogen-bond donors (Lipinski definition) is 1. The predicted octanol–water partition coefficient (Wildman–Crippen LogP) is 1.17. The average Bonchev–Trinajstić information content (AvgIpc) is 2.98. The summed E-state index contributed by atoms with van der Waals surface area (Å²) in [5.74, 6) is -1.42. The number of carbonyl (C=O) groups is 2.